The van der Waals surface area contributed by atoms with Crippen molar-refractivity contribution in [2.75, 3.05) is 4.72 Å². The molecule has 2 aromatic heterocycles. The van der Waals surface area contributed by atoms with E-state index < -0.39 is 15.8 Å². The van der Waals surface area contributed by atoms with E-state index in [-0.39, 0.29) is 10.5 Å². The van der Waals surface area contributed by atoms with Crippen LogP contribution in [-0.4, -0.2) is 18.4 Å². The Labute approximate surface area is 153 Å². The standard InChI is InChI=1S/C18H15N3O5S/c1-10-17(19-11(2)25-10)12-3-5-13(6-4-12)21-27(23,24)14-7-8-15-16(9-14)26-18(22)20-15/h3-9,21H,1-2H3,(H,20,22). The molecule has 0 aliphatic heterocycles. The summed E-state index contributed by atoms with van der Waals surface area (Å²) in [6.07, 6.45) is 0. The van der Waals surface area contributed by atoms with Gasteiger partial charge >= 0.3 is 5.76 Å². The molecule has 0 saturated carbocycles. The summed E-state index contributed by atoms with van der Waals surface area (Å²) in [7, 11) is -3.84. The van der Waals surface area contributed by atoms with Crippen molar-refractivity contribution in [1.82, 2.24) is 9.97 Å². The zero-order chi connectivity index (χ0) is 19.2. The number of rotatable bonds is 4. The molecule has 0 atom stereocenters. The molecule has 0 radical (unpaired) electrons. The van der Waals surface area contributed by atoms with Gasteiger partial charge in [0.1, 0.15) is 11.5 Å². The number of aromatic amines is 1. The van der Waals surface area contributed by atoms with E-state index in [2.05, 4.69) is 14.7 Å². The van der Waals surface area contributed by atoms with Gasteiger partial charge in [-0.2, -0.15) is 0 Å². The number of benzene rings is 2. The first-order valence-electron chi connectivity index (χ1n) is 8.02. The summed E-state index contributed by atoms with van der Waals surface area (Å²) >= 11 is 0. The number of sulfonamides is 1. The van der Waals surface area contributed by atoms with Gasteiger partial charge in [-0.05, 0) is 31.2 Å². The lowest BCUT2D eigenvalue weighted by Crippen LogP contribution is -2.12. The molecule has 138 valence electrons. The van der Waals surface area contributed by atoms with E-state index in [4.69, 9.17) is 8.83 Å². The Morgan fingerprint density at radius 3 is 2.44 bits per heavy atom. The van der Waals surface area contributed by atoms with Crippen LogP contribution in [0.1, 0.15) is 11.7 Å². The lowest BCUT2D eigenvalue weighted by molar-refractivity contribution is 0.495. The fourth-order valence-electron chi connectivity index (χ4n) is 2.80. The van der Waals surface area contributed by atoms with Gasteiger partial charge in [0, 0.05) is 24.2 Å². The molecule has 27 heavy (non-hydrogen) atoms. The Kier molecular flexibility index (Phi) is 3.88. The second-order valence-corrected chi connectivity index (χ2v) is 7.68. The number of hydrogen-bond donors (Lipinski definition) is 2. The summed E-state index contributed by atoms with van der Waals surface area (Å²) < 4.78 is 38.0. The van der Waals surface area contributed by atoms with Gasteiger partial charge in [-0.1, -0.05) is 12.1 Å². The van der Waals surface area contributed by atoms with E-state index in [1.54, 1.807) is 31.2 Å². The number of anilines is 1. The third kappa shape index (κ3) is 3.24. The van der Waals surface area contributed by atoms with E-state index >= 15 is 0 Å². The molecule has 9 heteroatoms. The Morgan fingerprint density at radius 1 is 1.04 bits per heavy atom. The van der Waals surface area contributed by atoms with Gasteiger partial charge in [-0.15, -0.1) is 0 Å². The lowest BCUT2D eigenvalue weighted by atomic mass is 10.1. The molecule has 0 spiro atoms. The molecule has 0 aliphatic rings. The highest BCUT2D eigenvalue weighted by Crippen LogP contribution is 2.26. The minimum atomic E-state index is -3.84. The monoisotopic (exact) mass is 385 g/mol. The van der Waals surface area contributed by atoms with Crippen molar-refractivity contribution < 1.29 is 17.3 Å². The number of H-pyrrole nitrogens is 1. The van der Waals surface area contributed by atoms with E-state index in [1.165, 1.54) is 18.2 Å². The fourth-order valence-corrected chi connectivity index (χ4v) is 3.87. The van der Waals surface area contributed by atoms with Crippen LogP contribution in [0.15, 0.2) is 61.0 Å². The van der Waals surface area contributed by atoms with Crippen LogP contribution < -0.4 is 10.5 Å². The largest absolute Gasteiger partial charge is 0.446 e. The lowest BCUT2D eigenvalue weighted by Gasteiger charge is -2.08. The van der Waals surface area contributed by atoms with Crippen molar-refractivity contribution in [1.29, 1.82) is 0 Å². The second-order valence-electron chi connectivity index (χ2n) is 5.99. The number of hydrogen-bond acceptors (Lipinski definition) is 6. The molecule has 0 saturated heterocycles. The summed E-state index contributed by atoms with van der Waals surface area (Å²) in [5.74, 6) is 0.627. The van der Waals surface area contributed by atoms with E-state index in [0.717, 1.165) is 11.3 Å². The molecular weight excluding hydrogens is 370 g/mol. The van der Waals surface area contributed by atoms with Crippen LogP contribution in [-0.2, 0) is 10.0 Å². The Morgan fingerprint density at radius 2 is 1.78 bits per heavy atom. The number of aromatic nitrogens is 2. The van der Waals surface area contributed by atoms with E-state index in [0.29, 0.717) is 22.9 Å². The first-order valence-corrected chi connectivity index (χ1v) is 9.50. The molecule has 4 rings (SSSR count). The smallest absolute Gasteiger partial charge is 0.417 e. The van der Waals surface area contributed by atoms with E-state index in [9.17, 15) is 13.2 Å². The third-order valence-electron chi connectivity index (χ3n) is 4.02. The highest BCUT2D eigenvalue weighted by molar-refractivity contribution is 7.92. The Bertz CT molecular complexity index is 1300. The molecular formula is C18H15N3O5S. The molecule has 0 unspecified atom stereocenters. The molecule has 4 aromatic rings. The second kappa shape index (κ2) is 6.13. The van der Waals surface area contributed by atoms with Gasteiger partial charge in [0.25, 0.3) is 10.0 Å². The van der Waals surface area contributed by atoms with Crippen molar-refractivity contribution in [2.24, 2.45) is 0 Å². The molecule has 2 heterocycles. The average molecular weight is 385 g/mol. The van der Waals surface area contributed by atoms with Crippen molar-refractivity contribution in [3.63, 3.8) is 0 Å². The van der Waals surface area contributed by atoms with Crippen molar-refractivity contribution >= 4 is 26.8 Å². The number of nitrogens with zero attached hydrogens (tertiary/aromatic N) is 1. The number of oxazole rings is 2. The molecule has 0 bridgehead atoms. The summed E-state index contributed by atoms with van der Waals surface area (Å²) in [6, 6.07) is 11.0. The molecule has 2 N–H and O–H groups in total. The van der Waals surface area contributed by atoms with Crippen molar-refractivity contribution in [2.45, 2.75) is 18.7 Å². The van der Waals surface area contributed by atoms with Gasteiger partial charge in [-0.25, -0.2) is 18.2 Å². The van der Waals surface area contributed by atoms with Crippen LogP contribution in [0.25, 0.3) is 22.4 Å². The van der Waals surface area contributed by atoms with Gasteiger partial charge in [0.05, 0.1) is 10.4 Å². The first-order chi connectivity index (χ1) is 12.8. The summed E-state index contributed by atoms with van der Waals surface area (Å²) in [5, 5.41) is 0. The highest BCUT2D eigenvalue weighted by atomic mass is 32.2. The first kappa shape index (κ1) is 17.1. The average Bonchev–Trinajstić information content (AvgIpc) is 3.15. The highest BCUT2D eigenvalue weighted by Gasteiger charge is 2.17. The van der Waals surface area contributed by atoms with Gasteiger partial charge in [-0.3, -0.25) is 9.71 Å². The number of aryl methyl sites for hydroxylation is 2. The van der Waals surface area contributed by atoms with Crippen LogP contribution in [0.2, 0.25) is 0 Å². The van der Waals surface area contributed by atoms with Crippen LogP contribution in [0, 0.1) is 13.8 Å². The maximum absolute atomic E-state index is 12.6. The van der Waals surface area contributed by atoms with Crippen LogP contribution in [0.4, 0.5) is 5.69 Å². The maximum Gasteiger partial charge on any atom is 0.417 e. The quantitative estimate of drug-likeness (QED) is 0.557. The zero-order valence-corrected chi connectivity index (χ0v) is 15.3. The van der Waals surface area contributed by atoms with Gasteiger partial charge in [0.2, 0.25) is 0 Å². The summed E-state index contributed by atoms with van der Waals surface area (Å²) in [4.78, 5) is 18.0. The van der Waals surface area contributed by atoms with Crippen molar-refractivity contribution in [3.05, 3.63) is 64.7 Å². The minimum Gasteiger partial charge on any atom is -0.446 e. The summed E-state index contributed by atoms with van der Waals surface area (Å²) in [6.45, 7) is 3.59. The maximum atomic E-state index is 12.6. The van der Waals surface area contributed by atoms with Crippen LogP contribution in [0.3, 0.4) is 0 Å². The Hall–Kier alpha value is -3.33. The molecule has 0 amide bonds. The molecule has 2 aromatic carbocycles. The topological polar surface area (TPSA) is 118 Å². The normalized spacial score (nSPS) is 11.8. The Balaban J connectivity index is 1.61. The molecule has 0 fully saturated rings. The predicted molar refractivity (Wildman–Crippen MR) is 99.1 cm³/mol. The van der Waals surface area contributed by atoms with E-state index in [1.807, 2.05) is 6.92 Å². The fraction of sp³-hybridized carbons (Fsp3) is 0.111. The third-order valence-corrected chi connectivity index (χ3v) is 5.40. The van der Waals surface area contributed by atoms with Gasteiger partial charge in [0.15, 0.2) is 11.5 Å². The molecule has 0 aliphatic carbocycles. The predicted octanol–water partition coefficient (Wildman–Crippen LogP) is 3.19. The zero-order valence-electron chi connectivity index (χ0n) is 14.4. The van der Waals surface area contributed by atoms with Crippen LogP contribution >= 0.6 is 0 Å². The van der Waals surface area contributed by atoms with Gasteiger partial charge < -0.3 is 8.83 Å². The molecule has 8 nitrogen and oxygen atoms in total. The van der Waals surface area contributed by atoms with Crippen molar-refractivity contribution in [3.8, 4) is 11.3 Å². The minimum absolute atomic E-state index is 0.00945. The van der Waals surface area contributed by atoms with Crippen LogP contribution in [0.5, 0.6) is 0 Å². The number of fused-ring (bicyclic) bond motifs is 1. The SMILES string of the molecule is Cc1nc(-c2ccc(NS(=O)(=O)c3ccc4[nH]c(=O)oc4c3)cc2)c(C)o1. The summed E-state index contributed by atoms with van der Waals surface area (Å²) in [5.41, 5.74) is 2.54. The number of nitrogens with one attached hydrogen (secondary N) is 2.